The molecular weight excluding hydrogens is 272 g/mol. The Labute approximate surface area is 128 Å². The Hall–Kier alpha value is -3.07. The molecule has 106 valence electrons. The van der Waals surface area contributed by atoms with E-state index in [1.807, 2.05) is 54.7 Å². The number of nitrogens with zero attached hydrogens (tertiary/aromatic N) is 1. The second-order valence-electron chi connectivity index (χ2n) is 5.04. The van der Waals surface area contributed by atoms with E-state index in [4.69, 9.17) is 4.74 Å². The van der Waals surface area contributed by atoms with Crippen molar-refractivity contribution in [3.63, 3.8) is 0 Å². The van der Waals surface area contributed by atoms with E-state index in [0.717, 1.165) is 33.7 Å². The number of pyridine rings is 1. The number of para-hydroxylation sites is 1. The summed E-state index contributed by atoms with van der Waals surface area (Å²) in [7, 11) is 0. The molecule has 0 saturated heterocycles. The zero-order valence-electron chi connectivity index (χ0n) is 11.9. The van der Waals surface area contributed by atoms with Crippen LogP contribution in [0.3, 0.4) is 0 Å². The van der Waals surface area contributed by atoms with E-state index < -0.39 is 0 Å². The van der Waals surface area contributed by atoms with Gasteiger partial charge in [0.25, 0.3) is 0 Å². The predicted molar refractivity (Wildman–Crippen MR) is 88.0 cm³/mol. The first-order chi connectivity index (χ1) is 10.9. The molecule has 0 unspecified atom stereocenters. The Morgan fingerprint density at radius 2 is 1.55 bits per heavy atom. The number of hydrogen-bond donors (Lipinski definition) is 1. The van der Waals surface area contributed by atoms with Crippen molar-refractivity contribution in [1.82, 2.24) is 9.97 Å². The lowest BCUT2D eigenvalue weighted by atomic mass is 10.1. The van der Waals surface area contributed by atoms with Gasteiger partial charge in [0.15, 0.2) is 0 Å². The van der Waals surface area contributed by atoms with Gasteiger partial charge in [-0.25, -0.2) is 4.98 Å². The molecule has 0 radical (unpaired) electrons. The average Bonchev–Trinajstić information content (AvgIpc) is 3.01. The fourth-order valence-corrected chi connectivity index (χ4v) is 2.52. The predicted octanol–water partition coefficient (Wildman–Crippen LogP) is 5.02. The number of rotatable bonds is 3. The van der Waals surface area contributed by atoms with E-state index in [1.54, 1.807) is 6.20 Å². The van der Waals surface area contributed by atoms with Crippen LogP contribution in [0.4, 0.5) is 0 Å². The summed E-state index contributed by atoms with van der Waals surface area (Å²) in [5.41, 5.74) is 3.19. The summed E-state index contributed by atoms with van der Waals surface area (Å²) in [6.45, 7) is 0. The third-order valence-electron chi connectivity index (χ3n) is 3.60. The zero-order valence-corrected chi connectivity index (χ0v) is 11.9. The van der Waals surface area contributed by atoms with Crippen molar-refractivity contribution < 1.29 is 4.74 Å². The van der Waals surface area contributed by atoms with Crippen molar-refractivity contribution in [2.75, 3.05) is 0 Å². The van der Waals surface area contributed by atoms with Gasteiger partial charge in [0.05, 0.1) is 0 Å². The molecule has 2 aromatic heterocycles. The topological polar surface area (TPSA) is 37.9 Å². The first kappa shape index (κ1) is 12.7. The molecule has 1 N–H and O–H groups in total. The molecule has 0 amide bonds. The van der Waals surface area contributed by atoms with Gasteiger partial charge in [0, 0.05) is 23.3 Å². The van der Waals surface area contributed by atoms with E-state index in [9.17, 15) is 0 Å². The molecule has 3 heteroatoms. The highest BCUT2D eigenvalue weighted by Crippen LogP contribution is 2.30. The van der Waals surface area contributed by atoms with Crippen molar-refractivity contribution >= 4 is 11.0 Å². The van der Waals surface area contributed by atoms with Gasteiger partial charge in [0.2, 0.25) is 0 Å². The molecule has 0 bridgehead atoms. The monoisotopic (exact) mass is 286 g/mol. The van der Waals surface area contributed by atoms with Crippen molar-refractivity contribution in [3.05, 3.63) is 79.1 Å². The van der Waals surface area contributed by atoms with Crippen LogP contribution in [0.1, 0.15) is 0 Å². The Morgan fingerprint density at radius 3 is 2.36 bits per heavy atom. The molecule has 4 aromatic rings. The quantitative estimate of drug-likeness (QED) is 0.574. The highest BCUT2D eigenvalue weighted by molar-refractivity contribution is 5.93. The molecule has 2 aromatic carbocycles. The maximum atomic E-state index is 5.82. The molecule has 0 aliphatic rings. The molecule has 3 nitrogen and oxygen atoms in total. The Bertz CT molecular complexity index is 896. The zero-order chi connectivity index (χ0) is 14.8. The van der Waals surface area contributed by atoms with Gasteiger partial charge in [-0.15, -0.1) is 0 Å². The van der Waals surface area contributed by atoms with Crippen LogP contribution in [0, 0.1) is 0 Å². The van der Waals surface area contributed by atoms with Crippen LogP contribution >= 0.6 is 0 Å². The summed E-state index contributed by atoms with van der Waals surface area (Å²) in [4.78, 5) is 7.52. The molecule has 4 rings (SSSR count). The normalized spacial score (nSPS) is 10.7. The molecule has 0 atom stereocenters. The van der Waals surface area contributed by atoms with Crippen molar-refractivity contribution in [2.45, 2.75) is 0 Å². The highest BCUT2D eigenvalue weighted by atomic mass is 16.5. The van der Waals surface area contributed by atoms with Gasteiger partial charge >= 0.3 is 0 Å². The summed E-state index contributed by atoms with van der Waals surface area (Å²) in [6.07, 6.45) is 3.78. The minimum absolute atomic E-state index is 0.827. The van der Waals surface area contributed by atoms with E-state index in [2.05, 4.69) is 28.2 Å². The minimum atomic E-state index is 0.827. The summed E-state index contributed by atoms with van der Waals surface area (Å²) >= 11 is 0. The molecular formula is C19H14N2O. The van der Waals surface area contributed by atoms with E-state index in [1.165, 1.54) is 0 Å². The molecule has 0 saturated carbocycles. The number of fused-ring (bicyclic) bond motifs is 1. The van der Waals surface area contributed by atoms with Gasteiger partial charge < -0.3 is 9.72 Å². The molecule has 0 aliphatic carbocycles. The molecule has 22 heavy (non-hydrogen) atoms. The molecule has 0 spiro atoms. The summed E-state index contributed by atoms with van der Waals surface area (Å²) in [6, 6.07) is 21.9. The smallest absolute Gasteiger partial charge is 0.137 e. The Morgan fingerprint density at radius 1 is 0.773 bits per heavy atom. The van der Waals surface area contributed by atoms with Crippen LogP contribution in [0.2, 0.25) is 0 Å². The lowest BCUT2D eigenvalue weighted by Crippen LogP contribution is -1.83. The van der Waals surface area contributed by atoms with Gasteiger partial charge in [-0.05, 0) is 42.0 Å². The number of ether oxygens (including phenoxy) is 1. The third kappa shape index (κ3) is 2.33. The first-order valence-electron chi connectivity index (χ1n) is 7.15. The van der Waals surface area contributed by atoms with Crippen molar-refractivity contribution in [1.29, 1.82) is 0 Å². The van der Waals surface area contributed by atoms with Gasteiger partial charge in [-0.2, -0.15) is 0 Å². The summed E-state index contributed by atoms with van der Waals surface area (Å²) in [5, 5.41) is 1.12. The Balaban J connectivity index is 1.64. The number of hydrogen-bond acceptors (Lipinski definition) is 2. The first-order valence-corrected chi connectivity index (χ1v) is 7.15. The van der Waals surface area contributed by atoms with Crippen LogP contribution in [0.5, 0.6) is 11.5 Å². The number of aromatic amines is 1. The lowest BCUT2D eigenvalue weighted by Gasteiger charge is -2.06. The maximum absolute atomic E-state index is 5.82. The standard InChI is InChI=1S/C19H14N2O/c1-2-5-15(6-3-1)22-16-10-8-14(9-11-16)18-13-21-19-17(18)7-4-12-20-19/h1-13H,(H,20,21). The second kappa shape index (κ2) is 5.37. The van der Waals surface area contributed by atoms with Gasteiger partial charge in [-0.1, -0.05) is 30.3 Å². The van der Waals surface area contributed by atoms with Crippen LogP contribution in [0.25, 0.3) is 22.2 Å². The van der Waals surface area contributed by atoms with E-state index in [0.29, 0.717) is 0 Å². The lowest BCUT2D eigenvalue weighted by molar-refractivity contribution is 0.483. The number of benzene rings is 2. The molecule has 0 aliphatic heterocycles. The largest absolute Gasteiger partial charge is 0.457 e. The van der Waals surface area contributed by atoms with Crippen LogP contribution in [-0.2, 0) is 0 Å². The molecule has 0 fully saturated rings. The van der Waals surface area contributed by atoms with Gasteiger partial charge in [-0.3, -0.25) is 0 Å². The van der Waals surface area contributed by atoms with E-state index >= 15 is 0 Å². The van der Waals surface area contributed by atoms with E-state index in [-0.39, 0.29) is 0 Å². The van der Waals surface area contributed by atoms with Crippen LogP contribution in [0.15, 0.2) is 79.1 Å². The maximum Gasteiger partial charge on any atom is 0.137 e. The Kier molecular flexibility index (Phi) is 3.09. The third-order valence-corrected chi connectivity index (χ3v) is 3.60. The summed E-state index contributed by atoms with van der Waals surface area (Å²) in [5.74, 6) is 1.67. The van der Waals surface area contributed by atoms with Crippen molar-refractivity contribution in [3.8, 4) is 22.6 Å². The van der Waals surface area contributed by atoms with Gasteiger partial charge in [0.1, 0.15) is 17.1 Å². The fourth-order valence-electron chi connectivity index (χ4n) is 2.52. The SMILES string of the molecule is c1ccc(Oc2ccc(-c3c[nH]c4ncccc34)cc2)cc1. The van der Waals surface area contributed by atoms with Crippen LogP contribution < -0.4 is 4.74 Å². The molecule has 2 heterocycles. The van der Waals surface area contributed by atoms with Crippen LogP contribution in [-0.4, -0.2) is 9.97 Å². The number of nitrogens with one attached hydrogen (secondary N) is 1. The average molecular weight is 286 g/mol. The second-order valence-corrected chi connectivity index (χ2v) is 5.04. The van der Waals surface area contributed by atoms with Crippen molar-refractivity contribution in [2.24, 2.45) is 0 Å². The number of H-pyrrole nitrogens is 1. The number of aromatic nitrogens is 2. The minimum Gasteiger partial charge on any atom is -0.457 e. The fraction of sp³-hybridized carbons (Fsp3) is 0. The highest BCUT2D eigenvalue weighted by Gasteiger charge is 2.06. The summed E-state index contributed by atoms with van der Waals surface area (Å²) < 4.78 is 5.82.